The lowest BCUT2D eigenvalue weighted by atomic mass is 9.78. The van der Waals surface area contributed by atoms with Crippen LogP contribution in [-0.4, -0.2) is 12.3 Å². The Bertz CT molecular complexity index is 1280. The Kier molecular flexibility index (Phi) is 6.67. The van der Waals surface area contributed by atoms with Crippen molar-refractivity contribution in [1.82, 2.24) is 0 Å². The van der Waals surface area contributed by atoms with E-state index in [0.29, 0.717) is 25.0 Å². The normalized spacial score (nSPS) is 18.7. The molecule has 3 aromatic rings. The summed E-state index contributed by atoms with van der Waals surface area (Å²) in [6, 6.07) is 11.3. The van der Waals surface area contributed by atoms with Crippen LogP contribution in [0.25, 0.3) is 10.8 Å². The summed E-state index contributed by atoms with van der Waals surface area (Å²) in [6.07, 6.45) is -7.34. The quantitative estimate of drug-likeness (QED) is 0.261. The molecule has 0 amide bonds. The van der Waals surface area contributed by atoms with E-state index < -0.39 is 57.7 Å². The van der Waals surface area contributed by atoms with Gasteiger partial charge in [0.25, 0.3) is 0 Å². The SMILES string of the molecule is Fc1cc2cc(OC(F)(F)C3CCC(c4ccccc4)CC3)cc(F)c2c(F)c1C#CC(F)(F)F. The van der Waals surface area contributed by atoms with E-state index in [1.165, 1.54) is 5.92 Å². The van der Waals surface area contributed by atoms with Gasteiger partial charge in [0.1, 0.15) is 17.4 Å². The monoisotopic (exact) mass is 498 g/mol. The largest absolute Gasteiger partial charge is 0.458 e. The van der Waals surface area contributed by atoms with Crippen LogP contribution in [0, 0.1) is 35.2 Å². The summed E-state index contributed by atoms with van der Waals surface area (Å²) in [4.78, 5) is 0. The van der Waals surface area contributed by atoms with Crippen molar-refractivity contribution in [3.05, 3.63) is 77.1 Å². The Morgan fingerprint density at radius 1 is 0.800 bits per heavy atom. The lowest BCUT2D eigenvalue weighted by Crippen LogP contribution is -2.37. The summed E-state index contributed by atoms with van der Waals surface area (Å²) in [5.41, 5.74) is -0.210. The van der Waals surface area contributed by atoms with Crippen molar-refractivity contribution in [2.45, 2.75) is 43.9 Å². The van der Waals surface area contributed by atoms with Crippen LogP contribution in [-0.2, 0) is 0 Å². The Hall–Kier alpha value is -3.28. The Labute approximate surface area is 195 Å². The summed E-state index contributed by atoms with van der Waals surface area (Å²) >= 11 is 0. The first-order chi connectivity index (χ1) is 16.4. The second kappa shape index (κ2) is 9.40. The zero-order chi connectivity index (χ0) is 25.4. The third-order valence-corrected chi connectivity index (χ3v) is 6.11. The predicted octanol–water partition coefficient (Wildman–Crippen LogP) is 8.12. The topological polar surface area (TPSA) is 9.23 Å². The predicted molar refractivity (Wildman–Crippen MR) is 113 cm³/mol. The minimum atomic E-state index is -5.02. The maximum Gasteiger partial charge on any atom is 0.458 e. The fourth-order valence-electron chi connectivity index (χ4n) is 4.42. The molecule has 1 fully saturated rings. The molecule has 0 unspecified atom stereocenters. The molecule has 0 saturated heterocycles. The zero-order valence-corrected chi connectivity index (χ0v) is 18.0. The van der Waals surface area contributed by atoms with Gasteiger partial charge in [-0.1, -0.05) is 36.3 Å². The van der Waals surface area contributed by atoms with Gasteiger partial charge in [0.15, 0.2) is 5.82 Å². The van der Waals surface area contributed by atoms with Crippen LogP contribution in [0.2, 0.25) is 0 Å². The lowest BCUT2D eigenvalue weighted by molar-refractivity contribution is -0.222. The molecule has 0 N–H and O–H groups in total. The van der Waals surface area contributed by atoms with Crippen LogP contribution in [0.4, 0.5) is 35.1 Å². The van der Waals surface area contributed by atoms with E-state index in [9.17, 15) is 35.1 Å². The van der Waals surface area contributed by atoms with Crippen molar-refractivity contribution < 1.29 is 39.9 Å². The average Bonchev–Trinajstić information content (AvgIpc) is 2.78. The molecule has 35 heavy (non-hydrogen) atoms. The molecular weight excluding hydrogens is 480 g/mol. The smallest absolute Gasteiger partial charge is 0.432 e. The molecule has 184 valence electrons. The third kappa shape index (κ3) is 5.53. The molecule has 0 aliphatic heterocycles. The molecule has 9 heteroatoms. The Morgan fingerprint density at radius 3 is 2.09 bits per heavy atom. The number of hydrogen-bond donors (Lipinski definition) is 0. The fraction of sp³-hybridized carbons (Fsp3) is 0.308. The molecule has 1 nitrogen and oxygen atoms in total. The van der Waals surface area contributed by atoms with Crippen LogP contribution in [0.1, 0.15) is 42.7 Å². The van der Waals surface area contributed by atoms with Crippen molar-refractivity contribution in [2.24, 2.45) is 5.92 Å². The lowest BCUT2D eigenvalue weighted by Gasteiger charge is -2.33. The first kappa shape index (κ1) is 24.8. The maximum atomic E-state index is 14.9. The van der Waals surface area contributed by atoms with E-state index in [-0.39, 0.29) is 18.8 Å². The number of rotatable bonds is 4. The number of alkyl halides is 5. The van der Waals surface area contributed by atoms with Gasteiger partial charge in [-0.2, -0.15) is 22.0 Å². The number of fused-ring (bicyclic) bond motifs is 1. The van der Waals surface area contributed by atoms with Gasteiger partial charge in [-0.05, 0) is 54.7 Å². The van der Waals surface area contributed by atoms with Gasteiger partial charge in [0.2, 0.25) is 0 Å². The summed E-state index contributed by atoms with van der Waals surface area (Å²) in [6.45, 7) is 0. The van der Waals surface area contributed by atoms with Crippen molar-refractivity contribution in [3.8, 4) is 17.6 Å². The van der Waals surface area contributed by atoms with Gasteiger partial charge < -0.3 is 4.74 Å². The Balaban J connectivity index is 1.55. The molecule has 0 aromatic heterocycles. The van der Waals surface area contributed by atoms with E-state index in [4.69, 9.17) is 4.74 Å². The van der Waals surface area contributed by atoms with Crippen molar-refractivity contribution in [3.63, 3.8) is 0 Å². The summed E-state index contributed by atoms with van der Waals surface area (Å²) in [7, 11) is 0. The van der Waals surface area contributed by atoms with Gasteiger partial charge in [0.05, 0.1) is 16.9 Å². The minimum Gasteiger partial charge on any atom is -0.432 e. The molecule has 0 atom stereocenters. The summed E-state index contributed by atoms with van der Waals surface area (Å²) in [5.74, 6) is -4.18. The molecule has 0 spiro atoms. The van der Waals surface area contributed by atoms with Gasteiger partial charge in [-0.15, -0.1) is 0 Å². The minimum absolute atomic E-state index is 0.141. The molecule has 1 aliphatic carbocycles. The molecule has 4 rings (SSSR count). The highest BCUT2D eigenvalue weighted by atomic mass is 19.4. The number of hydrogen-bond acceptors (Lipinski definition) is 1. The van der Waals surface area contributed by atoms with E-state index in [2.05, 4.69) is 0 Å². The summed E-state index contributed by atoms with van der Waals surface area (Å²) in [5, 5.41) is -1.37. The highest BCUT2D eigenvalue weighted by Crippen LogP contribution is 2.43. The number of benzene rings is 3. The van der Waals surface area contributed by atoms with Crippen LogP contribution in [0.3, 0.4) is 0 Å². The van der Waals surface area contributed by atoms with E-state index in [1.807, 2.05) is 30.3 Å². The highest BCUT2D eigenvalue weighted by molar-refractivity contribution is 5.87. The van der Waals surface area contributed by atoms with Crippen LogP contribution in [0.5, 0.6) is 5.75 Å². The standard InChI is InChI=1S/C26H18F8O/c27-21-13-17-12-19(14-22(28)23(17)24(29)20(21)10-11-25(30,31)32)35-26(33,34)18-8-6-16(7-9-18)15-4-2-1-3-5-15/h1-5,12-14,16,18H,6-9H2. The molecule has 3 aromatic carbocycles. The fourth-order valence-corrected chi connectivity index (χ4v) is 4.42. The number of ether oxygens (including phenoxy) is 1. The second-order valence-electron chi connectivity index (χ2n) is 8.42. The molecular formula is C26H18F8O. The molecule has 1 saturated carbocycles. The van der Waals surface area contributed by atoms with Crippen LogP contribution >= 0.6 is 0 Å². The molecule has 0 bridgehead atoms. The van der Waals surface area contributed by atoms with Crippen LogP contribution in [0.15, 0.2) is 48.5 Å². The van der Waals surface area contributed by atoms with Gasteiger partial charge >= 0.3 is 12.3 Å². The Morgan fingerprint density at radius 2 is 1.46 bits per heavy atom. The second-order valence-corrected chi connectivity index (χ2v) is 8.42. The van der Waals surface area contributed by atoms with Crippen molar-refractivity contribution >= 4 is 10.8 Å². The van der Waals surface area contributed by atoms with E-state index >= 15 is 0 Å². The molecule has 0 radical (unpaired) electrons. The van der Waals surface area contributed by atoms with Crippen molar-refractivity contribution in [1.29, 1.82) is 0 Å². The summed E-state index contributed by atoms with van der Waals surface area (Å²) < 4.78 is 115. The van der Waals surface area contributed by atoms with Gasteiger partial charge in [0, 0.05) is 12.0 Å². The van der Waals surface area contributed by atoms with E-state index in [1.54, 1.807) is 0 Å². The zero-order valence-electron chi connectivity index (χ0n) is 18.0. The van der Waals surface area contributed by atoms with Crippen LogP contribution < -0.4 is 4.74 Å². The van der Waals surface area contributed by atoms with Gasteiger partial charge in [-0.3, -0.25) is 0 Å². The average molecular weight is 498 g/mol. The molecule has 0 heterocycles. The third-order valence-electron chi connectivity index (χ3n) is 6.11. The van der Waals surface area contributed by atoms with E-state index in [0.717, 1.165) is 17.6 Å². The highest BCUT2D eigenvalue weighted by Gasteiger charge is 2.44. The number of halogens is 8. The molecule has 1 aliphatic rings. The maximum absolute atomic E-state index is 14.9. The van der Waals surface area contributed by atoms with Gasteiger partial charge in [-0.25, -0.2) is 13.2 Å². The van der Waals surface area contributed by atoms with Crippen molar-refractivity contribution in [2.75, 3.05) is 0 Å². The first-order valence-electron chi connectivity index (χ1n) is 10.8. The first-order valence-corrected chi connectivity index (χ1v) is 10.8.